The molecule has 0 aliphatic heterocycles. The average molecular weight is 679 g/mol. The zero-order chi connectivity index (χ0) is 33.8. The van der Waals surface area contributed by atoms with Crippen LogP contribution in [0.2, 0.25) is 0 Å². The Morgan fingerprint density at radius 3 is 1.45 bits per heavy atom. The molecule has 0 amide bonds. The minimum atomic E-state index is -4.40. The second kappa shape index (κ2) is 13.9. The van der Waals surface area contributed by atoms with Gasteiger partial charge in [-0.2, -0.15) is 8.61 Å². The van der Waals surface area contributed by atoms with Gasteiger partial charge in [0.1, 0.15) is 0 Å². The maximum absolute atomic E-state index is 14.2. The molecule has 3 atom stereocenters. The molecule has 13 nitrogen and oxygen atoms in total. The van der Waals surface area contributed by atoms with Crippen LogP contribution in [0.5, 0.6) is 0 Å². The van der Waals surface area contributed by atoms with Gasteiger partial charge in [0.25, 0.3) is 11.4 Å². The number of nitro benzene ring substituents is 2. The normalized spacial score (nSPS) is 18.3. The number of hydrogen-bond donors (Lipinski definition) is 1. The van der Waals surface area contributed by atoms with E-state index < -0.39 is 48.1 Å². The molecule has 5 rings (SSSR count). The van der Waals surface area contributed by atoms with Gasteiger partial charge in [-0.15, -0.1) is 0 Å². The second-order valence-corrected chi connectivity index (χ2v) is 14.6. The van der Waals surface area contributed by atoms with Crippen LogP contribution in [0.3, 0.4) is 0 Å². The van der Waals surface area contributed by atoms with Gasteiger partial charge in [-0.1, -0.05) is 72.8 Å². The van der Waals surface area contributed by atoms with Crippen LogP contribution in [-0.4, -0.2) is 58.6 Å². The molecule has 244 valence electrons. The summed E-state index contributed by atoms with van der Waals surface area (Å²) in [5.74, 6) is 0. The van der Waals surface area contributed by atoms with Gasteiger partial charge in [0.2, 0.25) is 20.0 Å². The predicted molar refractivity (Wildman–Crippen MR) is 172 cm³/mol. The Hall–Kier alpha value is -4.80. The maximum atomic E-state index is 14.2. The molecule has 4 aromatic carbocycles. The van der Waals surface area contributed by atoms with Crippen LogP contribution < -0.4 is 0 Å². The molecular formula is C32H30N4O9S2. The highest BCUT2D eigenvalue weighted by molar-refractivity contribution is 7.89. The lowest BCUT2D eigenvalue weighted by molar-refractivity contribution is -0.385. The summed E-state index contributed by atoms with van der Waals surface area (Å²) in [5, 5.41) is 33.6. The number of aliphatic hydroxyl groups excluding tert-OH is 1. The minimum absolute atomic E-state index is 0.119. The molecular weight excluding hydrogens is 649 g/mol. The van der Waals surface area contributed by atoms with Crippen molar-refractivity contribution in [3.05, 3.63) is 153 Å². The van der Waals surface area contributed by atoms with Crippen molar-refractivity contribution in [1.29, 1.82) is 0 Å². The Labute approximate surface area is 271 Å². The predicted octanol–water partition coefficient (Wildman–Crippen LogP) is 4.64. The number of nitro groups is 2. The summed E-state index contributed by atoms with van der Waals surface area (Å²) in [5.41, 5.74) is 0.643. The van der Waals surface area contributed by atoms with Gasteiger partial charge in [0.15, 0.2) is 0 Å². The molecule has 47 heavy (non-hydrogen) atoms. The Kier molecular flexibility index (Phi) is 9.93. The zero-order valence-corrected chi connectivity index (χ0v) is 26.4. The summed E-state index contributed by atoms with van der Waals surface area (Å²) in [6, 6.07) is 24.1. The first-order chi connectivity index (χ1) is 22.4. The molecule has 1 N–H and O–H groups in total. The second-order valence-electron chi connectivity index (χ2n) is 10.8. The van der Waals surface area contributed by atoms with E-state index in [9.17, 15) is 42.2 Å². The van der Waals surface area contributed by atoms with Crippen LogP contribution in [-0.2, 0) is 33.1 Å². The largest absolute Gasteiger partial charge is 0.387 e. The van der Waals surface area contributed by atoms with Crippen molar-refractivity contribution in [2.45, 2.75) is 47.5 Å². The van der Waals surface area contributed by atoms with E-state index in [-0.39, 0.29) is 40.7 Å². The van der Waals surface area contributed by atoms with Crippen LogP contribution in [0.15, 0.2) is 131 Å². The van der Waals surface area contributed by atoms with Crippen LogP contribution >= 0.6 is 0 Å². The monoisotopic (exact) mass is 678 g/mol. The van der Waals surface area contributed by atoms with Crippen molar-refractivity contribution in [1.82, 2.24) is 8.61 Å². The molecule has 0 bridgehead atoms. The molecule has 4 aromatic rings. The fourth-order valence-corrected chi connectivity index (χ4v) is 8.60. The minimum Gasteiger partial charge on any atom is -0.387 e. The van der Waals surface area contributed by atoms with Crippen molar-refractivity contribution in [2.75, 3.05) is 0 Å². The first-order valence-electron chi connectivity index (χ1n) is 14.3. The molecule has 0 aromatic heterocycles. The summed E-state index contributed by atoms with van der Waals surface area (Å²) in [6.45, 7) is -0.304. The summed E-state index contributed by atoms with van der Waals surface area (Å²) in [4.78, 5) is 20.7. The molecule has 1 aliphatic carbocycles. The first-order valence-corrected chi connectivity index (χ1v) is 17.2. The Balaban J connectivity index is 1.56. The van der Waals surface area contributed by atoms with Crippen LogP contribution in [0.4, 0.5) is 11.4 Å². The van der Waals surface area contributed by atoms with Gasteiger partial charge in [-0.3, -0.25) is 20.2 Å². The third-order valence-corrected chi connectivity index (χ3v) is 11.6. The summed E-state index contributed by atoms with van der Waals surface area (Å²) in [7, 11) is -8.72. The fourth-order valence-electron chi connectivity index (χ4n) is 5.38. The lowest BCUT2D eigenvalue weighted by Crippen LogP contribution is -2.52. The number of aliphatic hydroxyl groups is 1. The summed E-state index contributed by atoms with van der Waals surface area (Å²) in [6.07, 6.45) is 1.37. The van der Waals surface area contributed by atoms with E-state index in [1.54, 1.807) is 60.7 Å². The van der Waals surface area contributed by atoms with E-state index in [0.717, 1.165) is 52.8 Å². The van der Waals surface area contributed by atoms with Crippen LogP contribution in [0, 0.1) is 20.2 Å². The van der Waals surface area contributed by atoms with E-state index in [4.69, 9.17) is 0 Å². The van der Waals surface area contributed by atoms with E-state index in [2.05, 4.69) is 0 Å². The lowest BCUT2D eigenvalue weighted by atomic mass is 9.94. The maximum Gasteiger partial charge on any atom is 0.269 e. The third-order valence-electron chi connectivity index (χ3n) is 7.82. The number of nitrogens with zero attached hydrogens (tertiary/aromatic N) is 4. The summed E-state index contributed by atoms with van der Waals surface area (Å²) < 4.78 is 58.9. The van der Waals surface area contributed by atoms with Crippen molar-refractivity contribution in [2.24, 2.45) is 0 Å². The lowest BCUT2D eigenvalue weighted by Gasteiger charge is -2.40. The highest BCUT2D eigenvalue weighted by Crippen LogP contribution is 2.33. The molecule has 15 heteroatoms. The number of sulfonamides is 2. The zero-order valence-electron chi connectivity index (χ0n) is 24.7. The van der Waals surface area contributed by atoms with Gasteiger partial charge in [0.05, 0.1) is 31.8 Å². The first kappa shape index (κ1) is 33.6. The molecule has 0 unspecified atom stereocenters. The van der Waals surface area contributed by atoms with Crippen molar-refractivity contribution >= 4 is 31.4 Å². The van der Waals surface area contributed by atoms with Crippen molar-refractivity contribution in [3.8, 4) is 0 Å². The van der Waals surface area contributed by atoms with Crippen LogP contribution in [0.25, 0.3) is 0 Å². The quantitative estimate of drug-likeness (QED) is 0.127. The molecule has 1 aliphatic rings. The molecule has 0 radical (unpaired) electrons. The highest BCUT2D eigenvalue weighted by atomic mass is 32.2. The number of hydrogen-bond acceptors (Lipinski definition) is 9. The Bertz CT molecular complexity index is 1970. The molecule has 0 saturated carbocycles. The standard InChI is InChI=1S/C32H30N4O9S2/c37-32-20-15-28(33(22-24-7-3-1-4-8-24)46(42,43)29-16-11-26(12-17-29)35(38)39)21-31(32)34(23-25-9-5-2-6-10-25)47(44,45)30-18-13-27(14-19-30)36(40)41/h1-20,28,31-32,37H,21-23H2/t28-,31-,32+/m0/s1. The summed E-state index contributed by atoms with van der Waals surface area (Å²) >= 11 is 0. The molecule has 0 saturated heterocycles. The van der Waals surface area contributed by atoms with Gasteiger partial charge < -0.3 is 5.11 Å². The van der Waals surface area contributed by atoms with Gasteiger partial charge in [-0.25, -0.2) is 16.8 Å². The van der Waals surface area contributed by atoms with Crippen LogP contribution in [0.1, 0.15) is 17.5 Å². The number of rotatable bonds is 12. The number of benzene rings is 4. The average Bonchev–Trinajstić information content (AvgIpc) is 3.07. The van der Waals surface area contributed by atoms with Crippen molar-refractivity contribution < 1.29 is 31.8 Å². The molecule has 0 fully saturated rings. The Morgan fingerprint density at radius 2 is 1.02 bits per heavy atom. The smallest absolute Gasteiger partial charge is 0.269 e. The molecule has 0 heterocycles. The number of non-ortho nitro benzene ring substituents is 2. The van der Waals surface area contributed by atoms with E-state index in [1.165, 1.54) is 16.5 Å². The van der Waals surface area contributed by atoms with E-state index >= 15 is 0 Å². The highest BCUT2D eigenvalue weighted by Gasteiger charge is 2.42. The van der Waals surface area contributed by atoms with Gasteiger partial charge in [-0.05, 0) is 41.8 Å². The van der Waals surface area contributed by atoms with Crippen molar-refractivity contribution in [3.63, 3.8) is 0 Å². The molecule has 0 spiro atoms. The fraction of sp³-hybridized carbons (Fsp3) is 0.188. The van der Waals surface area contributed by atoms with E-state index in [1.807, 2.05) is 0 Å². The van der Waals surface area contributed by atoms with E-state index in [0.29, 0.717) is 11.1 Å². The third kappa shape index (κ3) is 7.45. The van der Waals surface area contributed by atoms with Gasteiger partial charge >= 0.3 is 0 Å². The topological polar surface area (TPSA) is 181 Å². The SMILES string of the molecule is O=[N+]([O-])c1ccc(S(=O)(=O)N(Cc2ccccc2)[C@H]2C=C[C@@H](O)[C@@H](N(Cc3ccccc3)S(=O)(=O)c3ccc([N+](=O)[O-])cc3)C2)cc1. The van der Waals surface area contributed by atoms with Gasteiger partial charge in [0, 0.05) is 43.4 Å². The Morgan fingerprint density at radius 1 is 0.617 bits per heavy atom.